The van der Waals surface area contributed by atoms with Gasteiger partial charge in [0.25, 0.3) is 5.91 Å². The van der Waals surface area contributed by atoms with Crippen LogP contribution in [0.25, 0.3) is 11.3 Å². The van der Waals surface area contributed by atoms with Crippen LogP contribution in [-0.4, -0.2) is 23.6 Å². The first-order valence-electron chi connectivity index (χ1n) is 6.55. The molecule has 0 saturated heterocycles. The van der Waals surface area contributed by atoms with Gasteiger partial charge in [-0.1, -0.05) is 12.1 Å². The molecular formula is C15H18N2O2S. The third-order valence-corrected chi connectivity index (χ3v) is 3.60. The minimum atomic E-state index is -0.454. The second kappa shape index (κ2) is 6.63. The average molecular weight is 290 g/mol. The molecule has 1 aromatic carbocycles. The molecule has 0 aliphatic carbocycles. The molecule has 0 spiro atoms. The molecule has 1 aromatic heterocycles. The molecule has 106 valence electrons. The number of carbonyl (C=O) groups is 1. The number of aryl methyl sites for hydroxylation is 1. The molecule has 0 aliphatic heterocycles. The monoisotopic (exact) mass is 290 g/mol. The van der Waals surface area contributed by atoms with Gasteiger partial charge in [0, 0.05) is 23.2 Å². The predicted octanol–water partition coefficient (Wildman–Crippen LogP) is 3.48. The summed E-state index contributed by atoms with van der Waals surface area (Å²) in [5.41, 5.74) is 2.68. The van der Waals surface area contributed by atoms with E-state index in [0.717, 1.165) is 22.0 Å². The molecule has 0 fully saturated rings. The molecule has 1 atom stereocenters. The van der Waals surface area contributed by atoms with E-state index in [4.69, 9.17) is 4.74 Å². The number of aromatic nitrogens is 1. The van der Waals surface area contributed by atoms with Gasteiger partial charge in [0.2, 0.25) is 0 Å². The van der Waals surface area contributed by atoms with E-state index in [0.29, 0.717) is 6.61 Å². The Morgan fingerprint density at radius 1 is 1.50 bits per heavy atom. The van der Waals surface area contributed by atoms with Crippen molar-refractivity contribution < 1.29 is 9.53 Å². The highest BCUT2D eigenvalue weighted by Gasteiger charge is 2.13. The number of nitrogens with one attached hydrogen (secondary N) is 1. The summed E-state index contributed by atoms with van der Waals surface area (Å²) in [6, 6.07) is 7.67. The molecular weight excluding hydrogens is 272 g/mol. The highest BCUT2D eigenvalue weighted by Crippen LogP contribution is 2.24. The maximum Gasteiger partial charge on any atom is 0.253 e. The summed E-state index contributed by atoms with van der Waals surface area (Å²) in [7, 11) is 0. The fourth-order valence-electron chi connectivity index (χ4n) is 1.82. The minimum absolute atomic E-state index is 0.140. The minimum Gasteiger partial charge on any atom is -0.369 e. The number of rotatable bonds is 5. The van der Waals surface area contributed by atoms with Gasteiger partial charge in [-0.3, -0.25) is 4.79 Å². The first-order chi connectivity index (χ1) is 9.60. The van der Waals surface area contributed by atoms with Crippen LogP contribution >= 0.6 is 11.3 Å². The number of anilines is 1. The molecule has 0 radical (unpaired) electrons. The molecule has 0 saturated carbocycles. The van der Waals surface area contributed by atoms with Crippen LogP contribution in [-0.2, 0) is 9.53 Å². The van der Waals surface area contributed by atoms with Crippen LogP contribution in [0.2, 0.25) is 0 Å². The van der Waals surface area contributed by atoms with Crippen LogP contribution in [0.3, 0.4) is 0 Å². The summed E-state index contributed by atoms with van der Waals surface area (Å²) in [5, 5.41) is 5.90. The summed E-state index contributed by atoms with van der Waals surface area (Å²) >= 11 is 1.61. The van der Waals surface area contributed by atoms with Gasteiger partial charge < -0.3 is 10.1 Å². The Bertz CT molecular complexity index is 595. The van der Waals surface area contributed by atoms with E-state index in [1.54, 1.807) is 18.3 Å². The lowest BCUT2D eigenvalue weighted by molar-refractivity contribution is -0.126. The molecule has 4 nitrogen and oxygen atoms in total. The second-order valence-electron chi connectivity index (χ2n) is 4.42. The lowest BCUT2D eigenvalue weighted by Crippen LogP contribution is -2.27. The van der Waals surface area contributed by atoms with Gasteiger partial charge in [-0.15, -0.1) is 11.3 Å². The fourth-order valence-corrected chi connectivity index (χ4v) is 2.44. The quantitative estimate of drug-likeness (QED) is 0.917. The van der Waals surface area contributed by atoms with Gasteiger partial charge in [0.1, 0.15) is 6.10 Å². The summed E-state index contributed by atoms with van der Waals surface area (Å²) in [4.78, 5) is 16.4. The van der Waals surface area contributed by atoms with Crippen LogP contribution in [0.1, 0.15) is 18.9 Å². The predicted molar refractivity (Wildman–Crippen MR) is 82.0 cm³/mol. The Morgan fingerprint density at radius 3 is 2.95 bits per heavy atom. The summed E-state index contributed by atoms with van der Waals surface area (Å²) in [6.45, 7) is 6.11. The van der Waals surface area contributed by atoms with Crippen molar-refractivity contribution >= 4 is 22.9 Å². The highest BCUT2D eigenvalue weighted by molar-refractivity contribution is 7.09. The first-order valence-corrected chi connectivity index (χ1v) is 7.43. The van der Waals surface area contributed by atoms with Crippen LogP contribution in [0.4, 0.5) is 5.69 Å². The molecule has 1 unspecified atom stereocenters. The van der Waals surface area contributed by atoms with Gasteiger partial charge in [-0.2, -0.15) is 0 Å². The summed E-state index contributed by atoms with van der Waals surface area (Å²) < 4.78 is 5.27. The normalized spacial score (nSPS) is 12.2. The van der Waals surface area contributed by atoms with Gasteiger partial charge >= 0.3 is 0 Å². The first kappa shape index (κ1) is 14.7. The average Bonchev–Trinajstić information content (AvgIpc) is 2.86. The van der Waals surface area contributed by atoms with Crippen LogP contribution in [0, 0.1) is 6.92 Å². The number of hydrogen-bond donors (Lipinski definition) is 1. The van der Waals surface area contributed by atoms with E-state index < -0.39 is 6.10 Å². The van der Waals surface area contributed by atoms with E-state index >= 15 is 0 Å². The molecule has 2 rings (SSSR count). The van der Waals surface area contributed by atoms with Crippen molar-refractivity contribution in [3.63, 3.8) is 0 Å². The van der Waals surface area contributed by atoms with E-state index in [1.165, 1.54) is 0 Å². The Labute approximate surface area is 122 Å². The zero-order valence-corrected chi connectivity index (χ0v) is 12.7. The van der Waals surface area contributed by atoms with Gasteiger partial charge in [0.15, 0.2) is 0 Å². The Morgan fingerprint density at radius 2 is 2.30 bits per heavy atom. The van der Waals surface area contributed by atoms with Crippen LogP contribution in [0.15, 0.2) is 29.6 Å². The van der Waals surface area contributed by atoms with Crippen LogP contribution < -0.4 is 5.32 Å². The van der Waals surface area contributed by atoms with Crippen molar-refractivity contribution in [2.24, 2.45) is 0 Å². The fraction of sp³-hybridized carbons (Fsp3) is 0.333. The van der Waals surface area contributed by atoms with E-state index in [-0.39, 0.29) is 5.91 Å². The number of thiazole rings is 1. The third kappa shape index (κ3) is 3.65. The zero-order chi connectivity index (χ0) is 14.5. The van der Waals surface area contributed by atoms with E-state index in [1.807, 2.05) is 43.5 Å². The Hall–Kier alpha value is -1.72. The topological polar surface area (TPSA) is 51.2 Å². The Kier molecular flexibility index (Phi) is 4.87. The lowest BCUT2D eigenvalue weighted by atomic mass is 10.1. The summed E-state index contributed by atoms with van der Waals surface area (Å²) in [6.07, 6.45) is -0.454. The molecule has 5 heteroatoms. The molecule has 0 aliphatic rings. The SMILES string of the molecule is CCOC(C)C(=O)Nc1cccc(-c2csc(C)n2)c1. The summed E-state index contributed by atoms with van der Waals surface area (Å²) in [5.74, 6) is -0.140. The van der Waals surface area contributed by atoms with Gasteiger partial charge in [-0.25, -0.2) is 4.98 Å². The molecule has 1 heterocycles. The van der Waals surface area contributed by atoms with Crippen molar-refractivity contribution in [1.82, 2.24) is 4.98 Å². The van der Waals surface area contributed by atoms with Gasteiger partial charge in [0.05, 0.1) is 10.7 Å². The number of carbonyl (C=O) groups excluding carboxylic acids is 1. The number of ether oxygens (including phenoxy) is 1. The van der Waals surface area contributed by atoms with Crippen molar-refractivity contribution in [1.29, 1.82) is 0 Å². The van der Waals surface area contributed by atoms with E-state index in [9.17, 15) is 4.79 Å². The van der Waals surface area contributed by atoms with E-state index in [2.05, 4.69) is 10.3 Å². The second-order valence-corrected chi connectivity index (χ2v) is 5.48. The number of amides is 1. The highest BCUT2D eigenvalue weighted by atomic mass is 32.1. The van der Waals surface area contributed by atoms with Crippen molar-refractivity contribution in [3.8, 4) is 11.3 Å². The maximum absolute atomic E-state index is 11.9. The van der Waals surface area contributed by atoms with Crippen molar-refractivity contribution in [2.75, 3.05) is 11.9 Å². The number of hydrogen-bond acceptors (Lipinski definition) is 4. The smallest absolute Gasteiger partial charge is 0.253 e. The van der Waals surface area contributed by atoms with Gasteiger partial charge in [-0.05, 0) is 32.9 Å². The number of nitrogens with zero attached hydrogens (tertiary/aromatic N) is 1. The molecule has 0 bridgehead atoms. The van der Waals surface area contributed by atoms with Crippen molar-refractivity contribution in [3.05, 3.63) is 34.7 Å². The standard InChI is InChI=1S/C15H18N2O2S/c1-4-19-10(2)15(18)17-13-7-5-6-12(8-13)14-9-20-11(3)16-14/h5-10H,4H2,1-3H3,(H,17,18). The molecule has 20 heavy (non-hydrogen) atoms. The lowest BCUT2D eigenvalue weighted by Gasteiger charge is -2.12. The molecule has 1 N–H and O–H groups in total. The number of benzene rings is 1. The maximum atomic E-state index is 11.9. The largest absolute Gasteiger partial charge is 0.369 e. The van der Waals surface area contributed by atoms with Crippen molar-refractivity contribution in [2.45, 2.75) is 26.9 Å². The zero-order valence-electron chi connectivity index (χ0n) is 11.8. The third-order valence-electron chi connectivity index (χ3n) is 2.83. The molecule has 1 amide bonds. The van der Waals surface area contributed by atoms with Crippen LogP contribution in [0.5, 0.6) is 0 Å². The molecule has 2 aromatic rings. The Balaban J connectivity index is 2.12.